The molecule has 0 bridgehead atoms. The van der Waals surface area contributed by atoms with Gasteiger partial charge in [0.25, 0.3) is 0 Å². The van der Waals surface area contributed by atoms with Gasteiger partial charge in [0.15, 0.2) is 0 Å². The number of benzene rings is 1. The van der Waals surface area contributed by atoms with E-state index in [0.29, 0.717) is 12.5 Å². The Morgan fingerprint density at radius 1 is 1.41 bits per heavy atom. The van der Waals surface area contributed by atoms with Crippen LogP contribution in [0.5, 0.6) is 0 Å². The smallest absolute Gasteiger partial charge is 0.224 e. The summed E-state index contributed by atoms with van der Waals surface area (Å²) in [5.74, 6) is 0.164. The van der Waals surface area contributed by atoms with Gasteiger partial charge in [-0.3, -0.25) is 4.79 Å². The van der Waals surface area contributed by atoms with Gasteiger partial charge < -0.3 is 10.6 Å². The van der Waals surface area contributed by atoms with Crippen LogP contribution in [-0.4, -0.2) is 18.5 Å². The summed E-state index contributed by atoms with van der Waals surface area (Å²) in [5, 5.41) is 6.46. The van der Waals surface area contributed by atoms with E-state index in [1.165, 1.54) is 17.7 Å². The molecular weight excluding hydrogens is 212 g/mol. The molecule has 0 spiro atoms. The van der Waals surface area contributed by atoms with Crippen LogP contribution in [0.15, 0.2) is 18.2 Å². The fourth-order valence-electron chi connectivity index (χ4n) is 2.56. The van der Waals surface area contributed by atoms with E-state index >= 15 is 0 Å². The van der Waals surface area contributed by atoms with Gasteiger partial charge in [-0.1, -0.05) is 18.2 Å². The topological polar surface area (TPSA) is 41.1 Å². The normalized spacial score (nSPS) is 18.1. The summed E-state index contributed by atoms with van der Waals surface area (Å²) in [4.78, 5) is 11.9. The van der Waals surface area contributed by atoms with Crippen molar-refractivity contribution in [2.45, 2.75) is 38.1 Å². The predicted octanol–water partition coefficient (Wildman–Crippen LogP) is 1.87. The third-order valence-electron chi connectivity index (χ3n) is 3.75. The van der Waals surface area contributed by atoms with Crippen molar-refractivity contribution in [1.29, 1.82) is 0 Å². The van der Waals surface area contributed by atoms with Crippen molar-refractivity contribution in [1.82, 2.24) is 5.32 Å². The molecule has 0 aromatic heterocycles. The number of carbonyl (C=O) groups is 1. The van der Waals surface area contributed by atoms with E-state index in [-0.39, 0.29) is 5.91 Å². The molecule has 3 heteroatoms. The Balaban J connectivity index is 1.68. The molecule has 2 aliphatic rings. The van der Waals surface area contributed by atoms with Gasteiger partial charge in [0, 0.05) is 18.3 Å². The highest BCUT2D eigenvalue weighted by Crippen LogP contribution is 2.27. The van der Waals surface area contributed by atoms with Crippen molar-refractivity contribution in [3.8, 4) is 0 Å². The summed E-state index contributed by atoms with van der Waals surface area (Å²) >= 11 is 0. The number of carbonyl (C=O) groups excluding carboxylic acids is 1. The van der Waals surface area contributed by atoms with Gasteiger partial charge in [-0.25, -0.2) is 0 Å². The van der Waals surface area contributed by atoms with Crippen molar-refractivity contribution in [2.75, 3.05) is 11.9 Å². The van der Waals surface area contributed by atoms with E-state index < -0.39 is 0 Å². The maximum absolute atomic E-state index is 11.9. The molecule has 1 aliphatic carbocycles. The van der Waals surface area contributed by atoms with Gasteiger partial charge >= 0.3 is 0 Å². The molecule has 0 radical (unpaired) electrons. The second-order valence-corrected chi connectivity index (χ2v) is 5.00. The average molecular weight is 230 g/mol. The number of hydrogen-bond donors (Lipinski definition) is 2. The average Bonchev–Trinajstić information content (AvgIpc) is 2.73. The molecular formula is C14H18N2O. The molecule has 0 saturated heterocycles. The lowest BCUT2D eigenvalue weighted by molar-refractivity contribution is -0.121. The molecule has 17 heavy (non-hydrogen) atoms. The van der Waals surface area contributed by atoms with Crippen LogP contribution in [-0.2, 0) is 17.6 Å². The molecule has 3 nitrogen and oxygen atoms in total. The third kappa shape index (κ3) is 2.14. The number of fused-ring (bicyclic) bond motifs is 1. The third-order valence-corrected chi connectivity index (χ3v) is 3.75. The fraction of sp³-hybridized carbons (Fsp3) is 0.500. The molecule has 1 aromatic rings. The lowest BCUT2D eigenvalue weighted by Crippen LogP contribution is -2.40. The maximum atomic E-state index is 11.9. The molecule has 1 fully saturated rings. The van der Waals surface area contributed by atoms with Crippen LogP contribution in [0.1, 0.15) is 30.4 Å². The zero-order valence-electron chi connectivity index (χ0n) is 9.96. The number of amides is 1. The summed E-state index contributed by atoms with van der Waals surface area (Å²) in [6, 6.07) is 6.69. The van der Waals surface area contributed by atoms with Crippen molar-refractivity contribution >= 4 is 11.6 Å². The Morgan fingerprint density at radius 3 is 3.06 bits per heavy atom. The molecule has 1 amide bonds. The van der Waals surface area contributed by atoms with E-state index in [2.05, 4.69) is 28.8 Å². The quantitative estimate of drug-likeness (QED) is 0.832. The minimum Gasteiger partial charge on any atom is -0.384 e. The summed E-state index contributed by atoms with van der Waals surface area (Å²) in [5.41, 5.74) is 3.67. The molecule has 0 atom stereocenters. The van der Waals surface area contributed by atoms with Crippen LogP contribution < -0.4 is 10.6 Å². The van der Waals surface area contributed by atoms with Crippen molar-refractivity contribution in [2.24, 2.45) is 0 Å². The number of nitrogens with one attached hydrogen (secondary N) is 2. The number of para-hydroxylation sites is 1. The second-order valence-electron chi connectivity index (χ2n) is 5.00. The van der Waals surface area contributed by atoms with Crippen molar-refractivity contribution < 1.29 is 4.79 Å². The van der Waals surface area contributed by atoms with Crippen LogP contribution >= 0.6 is 0 Å². The predicted molar refractivity (Wildman–Crippen MR) is 68.1 cm³/mol. The van der Waals surface area contributed by atoms with Gasteiger partial charge in [-0.05, 0) is 36.8 Å². The summed E-state index contributed by atoms with van der Waals surface area (Å²) in [6.45, 7) is 0.997. The first-order chi connectivity index (χ1) is 8.33. The highest BCUT2D eigenvalue weighted by atomic mass is 16.1. The summed E-state index contributed by atoms with van der Waals surface area (Å²) < 4.78 is 0. The largest absolute Gasteiger partial charge is 0.384 e. The van der Waals surface area contributed by atoms with Crippen LogP contribution in [0.3, 0.4) is 0 Å². The van der Waals surface area contributed by atoms with Gasteiger partial charge in [0.1, 0.15) is 0 Å². The zero-order chi connectivity index (χ0) is 11.7. The standard InChI is InChI=1S/C14H18N2O/c17-13(16-12-5-2-6-12)9-11-4-1-3-10-7-8-15-14(10)11/h1,3-4,12,15H,2,5-9H2,(H,16,17). The lowest BCUT2D eigenvalue weighted by atomic mass is 9.93. The molecule has 3 rings (SSSR count). The van der Waals surface area contributed by atoms with E-state index in [1.807, 2.05) is 0 Å². The van der Waals surface area contributed by atoms with Crippen LogP contribution in [0, 0.1) is 0 Å². The Bertz CT molecular complexity index is 438. The molecule has 1 aliphatic heterocycles. The van der Waals surface area contributed by atoms with Crippen LogP contribution in [0.4, 0.5) is 5.69 Å². The summed E-state index contributed by atoms with van der Waals surface area (Å²) in [7, 11) is 0. The van der Waals surface area contributed by atoms with Gasteiger partial charge in [-0.2, -0.15) is 0 Å². The molecule has 1 saturated carbocycles. The van der Waals surface area contributed by atoms with Crippen LogP contribution in [0.2, 0.25) is 0 Å². The number of rotatable bonds is 3. The SMILES string of the molecule is O=C(Cc1cccc2c1NCC2)NC1CCC1. The first-order valence-electron chi connectivity index (χ1n) is 6.47. The fourth-order valence-corrected chi connectivity index (χ4v) is 2.56. The molecule has 1 heterocycles. The minimum absolute atomic E-state index is 0.164. The molecule has 0 unspecified atom stereocenters. The Morgan fingerprint density at radius 2 is 2.29 bits per heavy atom. The molecule has 2 N–H and O–H groups in total. The van der Waals surface area contributed by atoms with E-state index in [1.54, 1.807) is 0 Å². The second kappa shape index (κ2) is 4.40. The highest BCUT2D eigenvalue weighted by Gasteiger charge is 2.21. The zero-order valence-corrected chi connectivity index (χ0v) is 9.96. The monoisotopic (exact) mass is 230 g/mol. The Labute approximate surface area is 102 Å². The summed E-state index contributed by atoms with van der Waals surface area (Å²) in [6.07, 6.45) is 5.14. The van der Waals surface area contributed by atoms with Crippen molar-refractivity contribution in [3.63, 3.8) is 0 Å². The number of hydrogen-bond acceptors (Lipinski definition) is 2. The first-order valence-corrected chi connectivity index (χ1v) is 6.47. The lowest BCUT2D eigenvalue weighted by Gasteiger charge is -2.26. The van der Waals surface area contributed by atoms with E-state index in [0.717, 1.165) is 31.4 Å². The molecule has 1 aromatic carbocycles. The van der Waals surface area contributed by atoms with E-state index in [9.17, 15) is 4.79 Å². The Kier molecular flexibility index (Phi) is 2.75. The highest BCUT2D eigenvalue weighted by molar-refractivity contribution is 5.81. The minimum atomic E-state index is 0.164. The van der Waals surface area contributed by atoms with Crippen LogP contribution in [0.25, 0.3) is 0 Å². The number of anilines is 1. The first kappa shape index (κ1) is 10.6. The van der Waals surface area contributed by atoms with Gasteiger partial charge in [0.05, 0.1) is 6.42 Å². The molecule has 90 valence electrons. The maximum Gasteiger partial charge on any atom is 0.224 e. The van der Waals surface area contributed by atoms with Gasteiger partial charge in [-0.15, -0.1) is 0 Å². The Hall–Kier alpha value is -1.51. The van der Waals surface area contributed by atoms with E-state index in [4.69, 9.17) is 0 Å². The van der Waals surface area contributed by atoms with Gasteiger partial charge in [0.2, 0.25) is 5.91 Å². The van der Waals surface area contributed by atoms with Crippen molar-refractivity contribution in [3.05, 3.63) is 29.3 Å².